The van der Waals surface area contributed by atoms with Crippen molar-refractivity contribution in [2.45, 2.75) is 77.6 Å². The predicted octanol–water partition coefficient (Wildman–Crippen LogP) is 4.87. The molecule has 0 atom stereocenters. The molecule has 1 rings (SSSR count). The highest BCUT2D eigenvalue weighted by Crippen LogP contribution is 2.14. The Bertz CT molecular complexity index is 245. The van der Waals surface area contributed by atoms with Crippen molar-refractivity contribution in [2.75, 3.05) is 24.6 Å². The number of hydrogen-bond acceptors (Lipinski definition) is 2. The lowest BCUT2D eigenvalue weighted by Gasteiger charge is -2.20. The predicted molar refractivity (Wildman–Crippen MR) is 90.4 cm³/mol. The third kappa shape index (κ3) is 8.89. The molecule has 3 heteroatoms. The van der Waals surface area contributed by atoms with Crippen molar-refractivity contribution < 1.29 is 4.79 Å². The summed E-state index contributed by atoms with van der Waals surface area (Å²) in [5, 5.41) is 0. The minimum Gasteiger partial charge on any atom is -0.343 e. The lowest BCUT2D eigenvalue weighted by molar-refractivity contribution is -0.130. The van der Waals surface area contributed by atoms with Gasteiger partial charge in [0, 0.05) is 19.5 Å². The zero-order valence-corrected chi connectivity index (χ0v) is 14.2. The number of likely N-dealkylation sites (tertiary alicyclic amines) is 1. The zero-order valence-electron chi connectivity index (χ0n) is 13.4. The van der Waals surface area contributed by atoms with Crippen LogP contribution >= 0.6 is 11.8 Å². The monoisotopic (exact) mass is 299 g/mol. The maximum Gasteiger partial charge on any atom is 0.222 e. The topological polar surface area (TPSA) is 20.3 Å². The van der Waals surface area contributed by atoms with Gasteiger partial charge in [0.2, 0.25) is 5.91 Å². The molecule has 0 saturated carbocycles. The van der Waals surface area contributed by atoms with E-state index in [0.29, 0.717) is 5.91 Å². The molecule has 2 nitrogen and oxygen atoms in total. The first-order valence-electron chi connectivity index (χ1n) is 8.70. The second-order valence-corrected chi connectivity index (χ2v) is 7.15. The molecule has 1 amide bonds. The molecule has 1 saturated heterocycles. The van der Waals surface area contributed by atoms with Gasteiger partial charge in [0.25, 0.3) is 0 Å². The van der Waals surface area contributed by atoms with Crippen LogP contribution in [-0.2, 0) is 4.79 Å². The van der Waals surface area contributed by atoms with Gasteiger partial charge in [0.1, 0.15) is 0 Å². The third-order valence-electron chi connectivity index (χ3n) is 4.03. The van der Waals surface area contributed by atoms with Gasteiger partial charge in [-0.2, -0.15) is 11.8 Å². The van der Waals surface area contributed by atoms with Gasteiger partial charge in [-0.15, -0.1) is 0 Å². The first-order valence-corrected chi connectivity index (χ1v) is 9.85. The smallest absolute Gasteiger partial charge is 0.222 e. The number of hydrogen-bond donors (Lipinski definition) is 0. The van der Waals surface area contributed by atoms with Gasteiger partial charge in [-0.25, -0.2) is 0 Å². The summed E-state index contributed by atoms with van der Waals surface area (Å²) in [5.41, 5.74) is 0. The van der Waals surface area contributed by atoms with Crippen LogP contribution in [0.15, 0.2) is 0 Å². The van der Waals surface area contributed by atoms with Gasteiger partial charge in [0.15, 0.2) is 0 Å². The quantitative estimate of drug-likeness (QED) is 0.507. The lowest BCUT2D eigenvalue weighted by atomic mass is 10.2. The number of thioether (sulfide) groups is 1. The summed E-state index contributed by atoms with van der Waals surface area (Å²) in [6.07, 6.45) is 13.6. The highest BCUT2D eigenvalue weighted by atomic mass is 32.2. The Kier molecular flexibility index (Phi) is 11.2. The highest BCUT2D eigenvalue weighted by molar-refractivity contribution is 7.99. The van der Waals surface area contributed by atoms with Crippen LogP contribution in [-0.4, -0.2) is 35.4 Å². The summed E-state index contributed by atoms with van der Waals surface area (Å²) < 4.78 is 0. The Morgan fingerprint density at radius 2 is 1.70 bits per heavy atom. The van der Waals surface area contributed by atoms with Gasteiger partial charge in [-0.05, 0) is 43.6 Å². The number of amides is 1. The molecule has 1 aliphatic heterocycles. The summed E-state index contributed by atoms with van der Waals surface area (Å²) in [6, 6.07) is 0. The second-order valence-electron chi connectivity index (χ2n) is 5.93. The maximum absolute atomic E-state index is 11.8. The summed E-state index contributed by atoms with van der Waals surface area (Å²) >= 11 is 2.12. The van der Waals surface area contributed by atoms with E-state index in [2.05, 4.69) is 23.6 Å². The summed E-state index contributed by atoms with van der Waals surface area (Å²) in [6.45, 7) is 4.27. The van der Waals surface area contributed by atoms with E-state index in [1.165, 1.54) is 69.3 Å². The van der Waals surface area contributed by atoms with Crippen LogP contribution in [0.5, 0.6) is 0 Å². The second kappa shape index (κ2) is 12.6. The minimum absolute atomic E-state index is 0.397. The molecule has 0 aromatic heterocycles. The Hall–Kier alpha value is -0.180. The summed E-state index contributed by atoms with van der Waals surface area (Å²) in [4.78, 5) is 13.9. The molecule has 1 heterocycles. The number of carbonyl (C=O) groups is 1. The fraction of sp³-hybridized carbons (Fsp3) is 0.941. The summed E-state index contributed by atoms with van der Waals surface area (Å²) in [5.74, 6) is 3.07. The van der Waals surface area contributed by atoms with Crippen LogP contribution in [0.3, 0.4) is 0 Å². The highest BCUT2D eigenvalue weighted by Gasteiger charge is 2.15. The van der Waals surface area contributed by atoms with E-state index >= 15 is 0 Å². The fourth-order valence-electron chi connectivity index (χ4n) is 2.69. The van der Waals surface area contributed by atoms with E-state index in [4.69, 9.17) is 0 Å². The van der Waals surface area contributed by atoms with E-state index < -0.39 is 0 Å². The van der Waals surface area contributed by atoms with Crippen molar-refractivity contribution in [2.24, 2.45) is 0 Å². The number of nitrogens with zero attached hydrogens (tertiary/aromatic N) is 1. The Labute approximate surface area is 130 Å². The molecule has 1 fully saturated rings. The fourth-order valence-corrected chi connectivity index (χ4v) is 3.71. The van der Waals surface area contributed by atoms with Crippen LogP contribution in [0.2, 0.25) is 0 Å². The molecule has 118 valence electrons. The molecule has 0 bridgehead atoms. The van der Waals surface area contributed by atoms with E-state index in [1.54, 1.807) is 0 Å². The van der Waals surface area contributed by atoms with Crippen molar-refractivity contribution >= 4 is 17.7 Å². The molecule has 0 aromatic rings. The van der Waals surface area contributed by atoms with Gasteiger partial charge in [-0.1, -0.05) is 39.0 Å². The largest absolute Gasteiger partial charge is 0.343 e. The zero-order chi connectivity index (χ0) is 14.5. The summed E-state index contributed by atoms with van der Waals surface area (Å²) in [7, 11) is 0. The van der Waals surface area contributed by atoms with E-state index in [-0.39, 0.29) is 0 Å². The number of carbonyl (C=O) groups excluding carboxylic acids is 1. The normalized spacial score (nSPS) is 16.4. The average Bonchev–Trinajstić information content (AvgIpc) is 2.66. The Morgan fingerprint density at radius 1 is 0.950 bits per heavy atom. The minimum atomic E-state index is 0.397. The van der Waals surface area contributed by atoms with Crippen LogP contribution in [0.4, 0.5) is 0 Å². The Balaban J connectivity index is 1.87. The van der Waals surface area contributed by atoms with Gasteiger partial charge >= 0.3 is 0 Å². The van der Waals surface area contributed by atoms with Crippen LogP contribution < -0.4 is 0 Å². The van der Waals surface area contributed by atoms with Crippen molar-refractivity contribution in [3.05, 3.63) is 0 Å². The van der Waals surface area contributed by atoms with Crippen molar-refractivity contribution in [3.8, 4) is 0 Å². The molecule has 0 aliphatic carbocycles. The molecule has 0 spiro atoms. The molecule has 0 unspecified atom stereocenters. The van der Waals surface area contributed by atoms with Gasteiger partial charge < -0.3 is 4.90 Å². The lowest BCUT2D eigenvalue weighted by Crippen LogP contribution is -2.31. The van der Waals surface area contributed by atoms with E-state index in [0.717, 1.165) is 25.9 Å². The molecule has 0 N–H and O–H groups in total. The molecular formula is C17H33NOS. The van der Waals surface area contributed by atoms with Crippen molar-refractivity contribution in [3.63, 3.8) is 0 Å². The standard InChI is InChI=1S/C17H33NOS/c1-2-3-10-15-20-16-11-5-4-8-13-18-14-9-6-7-12-17(18)19/h2-16H2,1H3. The van der Waals surface area contributed by atoms with Crippen molar-refractivity contribution in [1.82, 2.24) is 4.90 Å². The molecule has 1 aliphatic rings. The molecule has 0 radical (unpaired) electrons. The first-order chi connectivity index (χ1) is 9.84. The number of unbranched alkanes of at least 4 members (excludes halogenated alkanes) is 5. The number of rotatable bonds is 11. The van der Waals surface area contributed by atoms with Crippen LogP contribution in [0.1, 0.15) is 77.6 Å². The molecule has 0 aromatic carbocycles. The third-order valence-corrected chi connectivity index (χ3v) is 5.19. The average molecular weight is 300 g/mol. The Morgan fingerprint density at radius 3 is 2.50 bits per heavy atom. The maximum atomic E-state index is 11.8. The van der Waals surface area contributed by atoms with Gasteiger partial charge in [-0.3, -0.25) is 4.79 Å². The van der Waals surface area contributed by atoms with Gasteiger partial charge in [0.05, 0.1) is 0 Å². The molecule has 20 heavy (non-hydrogen) atoms. The first kappa shape index (κ1) is 17.9. The van der Waals surface area contributed by atoms with E-state index in [9.17, 15) is 4.79 Å². The van der Waals surface area contributed by atoms with E-state index in [1.807, 2.05) is 0 Å². The SMILES string of the molecule is CCCCCSCCCCCCN1CCCCCC1=O. The van der Waals surface area contributed by atoms with Crippen LogP contribution in [0.25, 0.3) is 0 Å². The molecular weight excluding hydrogens is 266 g/mol. The van der Waals surface area contributed by atoms with Crippen LogP contribution in [0, 0.1) is 0 Å². The van der Waals surface area contributed by atoms with Crippen molar-refractivity contribution in [1.29, 1.82) is 0 Å².